The van der Waals surface area contributed by atoms with Gasteiger partial charge in [-0.25, -0.2) is 29.0 Å². The van der Waals surface area contributed by atoms with Crippen LogP contribution in [0.15, 0.2) is 83.5 Å². The smallest absolute Gasteiger partial charge is 0.215 e. The highest BCUT2D eigenvalue weighted by Crippen LogP contribution is 2.29. The van der Waals surface area contributed by atoms with Gasteiger partial charge in [-0.3, -0.25) is 0 Å². The van der Waals surface area contributed by atoms with Crippen LogP contribution in [0.3, 0.4) is 0 Å². The Morgan fingerprint density at radius 1 is 0.923 bits per heavy atom. The van der Waals surface area contributed by atoms with Gasteiger partial charge >= 0.3 is 0 Å². The number of fused-ring (bicyclic) bond motifs is 2. The molecule has 196 valence electrons. The van der Waals surface area contributed by atoms with E-state index in [9.17, 15) is 9.50 Å². The van der Waals surface area contributed by atoms with Crippen LogP contribution in [-0.2, 0) is 13.5 Å². The van der Waals surface area contributed by atoms with Crippen molar-refractivity contribution in [3.05, 3.63) is 89.7 Å². The van der Waals surface area contributed by atoms with Gasteiger partial charge in [0.2, 0.25) is 5.16 Å². The quantitative estimate of drug-likeness (QED) is 0.265. The van der Waals surface area contributed by atoms with Crippen LogP contribution in [0.1, 0.15) is 5.56 Å². The van der Waals surface area contributed by atoms with E-state index in [-0.39, 0.29) is 11.6 Å². The fourth-order valence-electron chi connectivity index (χ4n) is 3.64. The van der Waals surface area contributed by atoms with Crippen LogP contribution >= 0.6 is 23.4 Å². The number of tetrazole rings is 1. The molecule has 10 nitrogen and oxygen atoms in total. The number of hydrogen-bond donors (Lipinski definition) is 2. The standard InChI is InChI=1S/C16H14ClN3O.C10H7FN6S/c17-12-3-6-15-14(9-12)16(20-10-19-15)18-8-7-11-1-4-13(21)5-2-11;1-17-10(14-15-16-17)18-9-7-4-6(11)2-3-8(7)12-5-13-9/h1-6,9-10,21H,7-8H2,(H,18,19,20);2-5H,1H3. The van der Waals surface area contributed by atoms with Gasteiger partial charge in [-0.15, -0.1) is 5.10 Å². The number of nitrogens with one attached hydrogen (secondary N) is 1. The van der Waals surface area contributed by atoms with Crippen molar-refractivity contribution in [2.75, 3.05) is 11.9 Å². The minimum Gasteiger partial charge on any atom is -0.508 e. The summed E-state index contributed by atoms with van der Waals surface area (Å²) in [6.45, 7) is 0.739. The third-order valence-corrected chi connectivity index (χ3v) is 6.85. The van der Waals surface area contributed by atoms with E-state index in [1.54, 1.807) is 31.6 Å². The van der Waals surface area contributed by atoms with E-state index < -0.39 is 0 Å². The lowest BCUT2D eigenvalue weighted by Crippen LogP contribution is -2.07. The summed E-state index contributed by atoms with van der Waals surface area (Å²) in [6.07, 6.45) is 3.82. The van der Waals surface area contributed by atoms with Crippen molar-refractivity contribution in [2.24, 2.45) is 7.05 Å². The summed E-state index contributed by atoms with van der Waals surface area (Å²) in [5, 5.41) is 27.1. The highest BCUT2D eigenvalue weighted by atomic mass is 35.5. The Bertz CT molecular complexity index is 1730. The Hall–Kier alpha value is -4.42. The summed E-state index contributed by atoms with van der Waals surface area (Å²) < 4.78 is 14.8. The molecule has 3 aromatic heterocycles. The number of phenols is 1. The summed E-state index contributed by atoms with van der Waals surface area (Å²) in [5.74, 6) is 0.736. The SMILES string of the molecule is Cn1nnnc1Sc1ncnc2ccc(F)cc12.Oc1ccc(CCNc2ncnc3ccc(Cl)cc23)cc1. The second-order valence-electron chi connectivity index (χ2n) is 8.25. The second-order valence-corrected chi connectivity index (χ2v) is 9.65. The average Bonchev–Trinajstić information content (AvgIpc) is 3.35. The van der Waals surface area contributed by atoms with Crippen LogP contribution in [0.2, 0.25) is 5.02 Å². The van der Waals surface area contributed by atoms with Crippen molar-refractivity contribution in [1.82, 2.24) is 40.1 Å². The molecule has 0 spiro atoms. The molecule has 6 rings (SSSR count). The van der Waals surface area contributed by atoms with Gasteiger partial charge in [-0.1, -0.05) is 23.7 Å². The Morgan fingerprint density at radius 2 is 1.67 bits per heavy atom. The van der Waals surface area contributed by atoms with Gasteiger partial charge in [0, 0.05) is 29.4 Å². The first-order chi connectivity index (χ1) is 19.0. The number of aromatic hydroxyl groups is 1. The molecule has 3 aromatic carbocycles. The molecule has 0 aliphatic heterocycles. The summed E-state index contributed by atoms with van der Waals surface area (Å²) in [5.41, 5.74) is 2.70. The summed E-state index contributed by atoms with van der Waals surface area (Å²) in [4.78, 5) is 16.7. The Morgan fingerprint density at radius 3 is 2.44 bits per heavy atom. The molecule has 0 unspecified atom stereocenters. The topological polar surface area (TPSA) is 127 Å². The van der Waals surface area contributed by atoms with E-state index in [1.807, 2.05) is 30.3 Å². The molecular weight excluding hydrogens is 541 g/mol. The molecule has 13 heteroatoms. The minimum absolute atomic E-state index is 0.281. The first-order valence-electron chi connectivity index (χ1n) is 11.7. The molecule has 0 aliphatic carbocycles. The molecule has 0 radical (unpaired) electrons. The average molecular weight is 562 g/mol. The number of halogens is 2. The molecule has 0 amide bonds. The maximum Gasteiger partial charge on any atom is 0.215 e. The number of rotatable bonds is 6. The van der Waals surface area contributed by atoms with Crippen LogP contribution in [0.5, 0.6) is 5.75 Å². The molecule has 0 fully saturated rings. The van der Waals surface area contributed by atoms with Crippen molar-refractivity contribution >= 4 is 51.0 Å². The Balaban J connectivity index is 0.000000160. The summed E-state index contributed by atoms with van der Waals surface area (Å²) >= 11 is 7.30. The predicted octanol–water partition coefficient (Wildman–Crippen LogP) is 5.09. The van der Waals surface area contributed by atoms with Crippen molar-refractivity contribution in [1.29, 1.82) is 0 Å². The molecule has 0 atom stereocenters. The van der Waals surface area contributed by atoms with Gasteiger partial charge < -0.3 is 10.4 Å². The van der Waals surface area contributed by atoms with Gasteiger partial charge in [-0.2, -0.15) is 0 Å². The van der Waals surface area contributed by atoms with Gasteiger partial charge in [0.25, 0.3) is 0 Å². The normalized spacial score (nSPS) is 10.8. The Kier molecular flexibility index (Phi) is 8.04. The summed E-state index contributed by atoms with van der Waals surface area (Å²) in [6, 6.07) is 17.1. The second kappa shape index (κ2) is 12.0. The number of aromatic nitrogens is 8. The number of nitrogens with zero attached hydrogens (tertiary/aromatic N) is 8. The van der Waals surface area contributed by atoms with E-state index in [0.29, 0.717) is 26.1 Å². The lowest BCUT2D eigenvalue weighted by molar-refractivity contribution is 0.475. The predicted molar refractivity (Wildman–Crippen MR) is 147 cm³/mol. The zero-order chi connectivity index (χ0) is 27.2. The van der Waals surface area contributed by atoms with Crippen molar-refractivity contribution in [2.45, 2.75) is 16.6 Å². The molecule has 0 saturated carbocycles. The van der Waals surface area contributed by atoms with Gasteiger partial charge in [0.15, 0.2) is 0 Å². The molecule has 0 saturated heterocycles. The van der Waals surface area contributed by atoms with E-state index in [4.69, 9.17) is 11.6 Å². The number of hydrogen-bond acceptors (Lipinski definition) is 10. The lowest BCUT2D eigenvalue weighted by atomic mass is 10.1. The first-order valence-corrected chi connectivity index (χ1v) is 12.9. The van der Waals surface area contributed by atoms with Gasteiger partial charge in [0.1, 0.15) is 35.1 Å². The monoisotopic (exact) mass is 561 g/mol. The van der Waals surface area contributed by atoms with E-state index in [2.05, 4.69) is 40.8 Å². The van der Waals surface area contributed by atoms with Crippen molar-refractivity contribution < 1.29 is 9.50 Å². The molecule has 0 aliphatic rings. The minimum atomic E-state index is -0.324. The van der Waals surface area contributed by atoms with Crippen molar-refractivity contribution in [3.63, 3.8) is 0 Å². The fraction of sp³-hybridized carbons (Fsp3) is 0.115. The molecular formula is C26H21ClFN9OS. The van der Waals surface area contributed by atoms with E-state index in [1.165, 1.54) is 34.9 Å². The number of phenolic OH excluding ortho intramolecular Hbond substituents is 1. The molecule has 3 heterocycles. The zero-order valence-corrected chi connectivity index (χ0v) is 22.1. The van der Waals surface area contributed by atoms with Crippen LogP contribution < -0.4 is 5.32 Å². The Labute approximate surface area is 231 Å². The van der Waals surface area contributed by atoms with Gasteiger partial charge in [-0.05, 0) is 82.7 Å². The van der Waals surface area contributed by atoms with E-state index >= 15 is 0 Å². The van der Waals surface area contributed by atoms with E-state index in [0.717, 1.165) is 35.2 Å². The van der Waals surface area contributed by atoms with Crippen molar-refractivity contribution in [3.8, 4) is 5.75 Å². The summed E-state index contributed by atoms with van der Waals surface area (Å²) in [7, 11) is 1.73. The number of anilines is 1. The maximum atomic E-state index is 13.3. The van der Waals surface area contributed by atoms with Crippen LogP contribution in [0.25, 0.3) is 21.8 Å². The molecule has 2 N–H and O–H groups in total. The lowest BCUT2D eigenvalue weighted by Gasteiger charge is -2.08. The van der Waals surface area contributed by atoms with Gasteiger partial charge in [0.05, 0.1) is 11.0 Å². The third kappa shape index (κ3) is 6.54. The molecule has 39 heavy (non-hydrogen) atoms. The zero-order valence-electron chi connectivity index (χ0n) is 20.5. The maximum absolute atomic E-state index is 13.3. The highest BCUT2D eigenvalue weighted by molar-refractivity contribution is 7.99. The van der Waals surface area contributed by atoms with Crippen LogP contribution in [-0.4, -0.2) is 51.8 Å². The largest absolute Gasteiger partial charge is 0.508 e. The number of benzene rings is 3. The molecule has 6 aromatic rings. The third-order valence-electron chi connectivity index (χ3n) is 5.57. The first kappa shape index (κ1) is 26.2. The number of aryl methyl sites for hydroxylation is 1. The van der Waals surface area contributed by atoms with Crippen LogP contribution in [0.4, 0.5) is 10.2 Å². The molecule has 0 bridgehead atoms. The highest BCUT2D eigenvalue weighted by Gasteiger charge is 2.11. The fourth-order valence-corrected chi connectivity index (χ4v) is 4.60. The van der Waals surface area contributed by atoms with Crippen LogP contribution in [0, 0.1) is 5.82 Å².